The van der Waals surface area contributed by atoms with E-state index in [1.165, 1.54) is 0 Å². The van der Waals surface area contributed by atoms with Crippen LogP contribution in [0.4, 0.5) is 0 Å². The van der Waals surface area contributed by atoms with Gasteiger partial charge in [0.25, 0.3) is 0 Å². The Morgan fingerprint density at radius 3 is 2.95 bits per heavy atom. The first kappa shape index (κ1) is 17.0. The van der Waals surface area contributed by atoms with Crippen LogP contribution in [0.2, 0.25) is 0 Å². The third-order valence-corrected chi connectivity index (χ3v) is 3.35. The third-order valence-electron chi connectivity index (χ3n) is 3.35. The number of hydrogen-bond donors (Lipinski definition) is 2. The molecule has 1 aromatic carbocycles. The lowest BCUT2D eigenvalue weighted by molar-refractivity contribution is 0.0288. The molecule has 6 nitrogen and oxygen atoms in total. The number of rotatable bonds is 10. The Bertz CT molecular complexity index is 454. The first-order valence-electron chi connectivity index (χ1n) is 7.65. The fourth-order valence-electron chi connectivity index (χ4n) is 2.19. The highest BCUT2D eigenvalue weighted by Crippen LogP contribution is 2.32. The highest BCUT2D eigenvalue weighted by Gasteiger charge is 2.13. The molecule has 0 radical (unpaired) electrons. The lowest BCUT2D eigenvalue weighted by Gasteiger charge is -2.13. The summed E-state index contributed by atoms with van der Waals surface area (Å²) in [5, 5.41) is 13.1. The van der Waals surface area contributed by atoms with Crippen LogP contribution in [0.15, 0.2) is 18.2 Å². The van der Waals surface area contributed by atoms with Crippen LogP contribution < -0.4 is 14.8 Å². The van der Waals surface area contributed by atoms with Crippen molar-refractivity contribution in [3.63, 3.8) is 0 Å². The summed E-state index contributed by atoms with van der Waals surface area (Å²) in [5.74, 6) is 1.52. The van der Waals surface area contributed by atoms with Crippen molar-refractivity contribution in [2.24, 2.45) is 0 Å². The molecule has 6 heteroatoms. The summed E-state index contributed by atoms with van der Waals surface area (Å²) in [4.78, 5) is 2.15. The Balaban J connectivity index is 1.56. The molecule has 1 unspecified atom stereocenters. The molecule has 2 N–H and O–H groups in total. The van der Waals surface area contributed by atoms with Crippen LogP contribution in [-0.2, 0) is 11.3 Å². The Kier molecular flexibility index (Phi) is 6.92. The van der Waals surface area contributed by atoms with E-state index in [0.29, 0.717) is 19.8 Å². The van der Waals surface area contributed by atoms with Gasteiger partial charge in [-0.15, -0.1) is 0 Å². The predicted octanol–water partition coefficient (Wildman–Crippen LogP) is 0.834. The second kappa shape index (κ2) is 8.95. The predicted molar refractivity (Wildman–Crippen MR) is 84.3 cm³/mol. The number of nitrogens with zero attached hydrogens (tertiary/aromatic N) is 1. The largest absolute Gasteiger partial charge is 0.454 e. The molecule has 0 aliphatic carbocycles. The normalized spacial score (nSPS) is 14.5. The van der Waals surface area contributed by atoms with Crippen molar-refractivity contribution in [2.45, 2.75) is 19.1 Å². The Labute approximate surface area is 132 Å². The van der Waals surface area contributed by atoms with Gasteiger partial charge in [-0.05, 0) is 51.3 Å². The van der Waals surface area contributed by atoms with Crippen LogP contribution in [0.25, 0.3) is 0 Å². The molecule has 1 atom stereocenters. The van der Waals surface area contributed by atoms with Gasteiger partial charge in [-0.1, -0.05) is 6.07 Å². The summed E-state index contributed by atoms with van der Waals surface area (Å²) >= 11 is 0. The summed E-state index contributed by atoms with van der Waals surface area (Å²) in [6.07, 6.45) is 0.575. The SMILES string of the molecule is CN(C)CCCNCC(O)COCc1ccc2c(c1)OCO2. The number of nitrogens with one attached hydrogen (secondary N) is 1. The molecular weight excluding hydrogens is 284 g/mol. The molecule has 124 valence electrons. The lowest BCUT2D eigenvalue weighted by Crippen LogP contribution is -2.32. The Hall–Kier alpha value is -1.34. The van der Waals surface area contributed by atoms with Gasteiger partial charge in [-0.25, -0.2) is 0 Å². The van der Waals surface area contributed by atoms with E-state index in [0.717, 1.165) is 36.6 Å². The monoisotopic (exact) mass is 310 g/mol. The fraction of sp³-hybridized carbons (Fsp3) is 0.625. The second-order valence-corrected chi connectivity index (χ2v) is 5.72. The third kappa shape index (κ3) is 5.81. The molecule has 0 saturated heterocycles. The van der Waals surface area contributed by atoms with Gasteiger partial charge in [-0.2, -0.15) is 0 Å². The minimum absolute atomic E-state index is 0.276. The Morgan fingerprint density at radius 2 is 2.14 bits per heavy atom. The van der Waals surface area contributed by atoms with Crippen LogP contribution in [0.5, 0.6) is 11.5 Å². The molecule has 1 aliphatic heterocycles. The van der Waals surface area contributed by atoms with E-state index < -0.39 is 6.10 Å². The van der Waals surface area contributed by atoms with Crippen LogP contribution in [0, 0.1) is 0 Å². The lowest BCUT2D eigenvalue weighted by atomic mass is 10.2. The van der Waals surface area contributed by atoms with Gasteiger partial charge < -0.3 is 29.5 Å². The topological polar surface area (TPSA) is 63.2 Å². The molecule has 1 heterocycles. The molecule has 0 spiro atoms. The first-order valence-corrected chi connectivity index (χ1v) is 7.65. The quantitative estimate of drug-likeness (QED) is 0.624. The summed E-state index contributed by atoms with van der Waals surface area (Å²) in [6, 6.07) is 5.73. The highest BCUT2D eigenvalue weighted by atomic mass is 16.7. The van der Waals surface area contributed by atoms with Gasteiger partial charge in [0.05, 0.1) is 19.3 Å². The highest BCUT2D eigenvalue weighted by molar-refractivity contribution is 5.44. The van der Waals surface area contributed by atoms with Crippen LogP contribution in [0.3, 0.4) is 0 Å². The Morgan fingerprint density at radius 1 is 1.32 bits per heavy atom. The van der Waals surface area contributed by atoms with E-state index in [9.17, 15) is 5.11 Å². The number of benzene rings is 1. The van der Waals surface area contributed by atoms with Gasteiger partial charge in [0.1, 0.15) is 0 Å². The summed E-state index contributed by atoms with van der Waals surface area (Å²) in [5.41, 5.74) is 1.01. The van der Waals surface area contributed by atoms with Crippen molar-refractivity contribution in [3.8, 4) is 11.5 Å². The van der Waals surface area contributed by atoms with Gasteiger partial charge >= 0.3 is 0 Å². The maximum Gasteiger partial charge on any atom is 0.231 e. The average molecular weight is 310 g/mol. The van der Waals surface area contributed by atoms with Crippen LogP contribution in [0.1, 0.15) is 12.0 Å². The number of fused-ring (bicyclic) bond motifs is 1. The molecule has 1 aliphatic rings. The smallest absolute Gasteiger partial charge is 0.231 e. The van der Waals surface area contributed by atoms with Gasteiger partial charge in [-0.3, -0.25) is 0 Å². The molecular formula is C16H26N2O4. The molecule has 0 fully saturated rings. The van der Waals surface area contributed by atoms with E-state index in [1.54, 1.807) is 0 Å². The van der Waals surface area contributed by atoms with E-state index in [2.05, 4.69) is 24.3 Å². The number of hydrogen-bond acceptors (Lipinski definition) is 6. The van der Waals surface area contributed by atoms with E-state index in [4.69, 9.17) is 14.2 Å². The van der Waals surface area contributed by atoms with Gasteiger partial charge in [0, 0.05) is 6.54 Å². The summed E-state index contributed by atoms with van der Waals surface area (Å²) in [6.45, 7) is 3.54. The molecule has 0 saturated carbocycles. The molecule has 22 heavy (non-hydrogen) atoms. The minimum atomic E-state index is -0.492. The van der Waals surface area contributed by atoms with Crippen molar-refractivity contribution in [2.75, 3.05) is 47.1 Å². The molecule has 0 aromatic heterocycles. The maximum absolute atomic E-state index is 9.85. The standard InChI is InChI=1S/C16H26N2O4/c1-18(2)7-3-6-17-9-14(19)11-20-10-13-4-5-15-16(8-13)22-12-21-15/h4-5,8,14,17,19H,3,6-7,9-12H2,1-2H3. The van der Waals surface area contributed by atoms with Gasteiger partial charge in [0.2, 0.25) is 6.79 Å². The van der Waals surface area contributed by atoms with E-state index >= 15 is 0 Å². The maximum atomic E-state index is 9.85. The summed E-state index contributed by atoms with van der Waals surface area (Å²) in [7, 11) is 4.11. The van der Waals surface area contributed by atoms with E-state index in [-0.39, 0.29) is 6.79 Å². The van der Waals surface area contributed by atoms with Crippen molar-refractivity contribution >= 4 is 0 Å². The zero-order chi connectivity index (χ0) is 15.8. The number of ether oxygens (including phenoxy) is 3. The average Bonchev–Trinajstić information content (AvgIpc) is 2.94. The van der Waals surface area contributed by atoms with Crippen molar-refractivity contribution in [3.05, 3.63) is 23.8 Å². The first-order chi connectivity index (χ1) is 10.6. The fourth-order valence-corrected chi connectivity index (χ4v) is 2.19. The van der Waals surface area contributed by atoms with Crippen LogP contribution >= 0.6 is 0 Å². The second-order valence-electron chi connectivity index (χ2n) is 5.72. The number of aliphatic hydroxyl groups is 1. The molecule has 1 aromatic rings. The van der Waals surface area contributed by atoms with Crippen molar-refractivity contribution in [1.82, 2.24) is 10.2 Å². The zero-order valence-electron chi connectivity index (χ0n) is 13.4. The molecule has 0 amide bonds. The van der Waals surface area contributed by atoms with Crippen molar-refractivity contribution < 1.29 is 19.3 Å². The summed E-state index contributed by atoms with van der Waals surface area (Å²) < 4.78 is 16.1. The van der Waals surface area contributed by atoms with Gasteiger partial charge in [0.15, 0.2) is 11.5 Å². The van der Waals surface area contributed by atoms with Crippen LogP contribution in [-0.4, -0.2) is 63.2 Å². The van der Waals surface area contributed by atoms with Crippen molar-refractivity contribution in [1.29, 1.82) is 0 Å². The van der Waals surface area contributed by atoms with E-state index in [1.807, 2.05) is 18.2 Å². The molecule has 0 bridgehead atoms. The minimum Gasteiger partial charge on any atom is -0.454 e. The molecule has 2 rings (SSSR count). The number of aliphatic hydroxyl groups excluding tert-OH is 1. The zero-order valence-corrected chi connectivity index (χ0v) is 13.4.